The molecule has 0 aliphatic carbocycles. The molecule has 0 aliphatic heterocycles. The van der Waals surface area contributed by atoms with E-state index < -0.39 is 37.8 Å². The Hall–Kier alpha value is -4.15. The highest BCUT2D eigenvalue weighted by molar-refractivity contribution is 7.07. The minimum Gasteiger partial charge on any atom is -0.468 e. The molecule has 2 unspecified atom stereocenters. The fourth-order valence-electron chi connectivity index (χ4n) is 4.64. The number of benzene rings is 3. The summed E-state index contributed by atoms with van der Waals surface area (Å²) in [5, 5.41) is 14.8. The van der Waals surface area contributed by atoms with Gasteiger partial charge in [0.05, 0.1) is 19.8 Å². The van der Waals surface area contributed by atoms with E-state index >= 15 is 0 Å². The molecule has 4 rings (SSSR count). The molecule has 0 bridgehead atoms. The van der Waals surface area contributed by atoms with Crippen molar-refractivity contribution in [2.24, 2.45) is 0 Å². The first-order valence-corrected chi connectivity index (χ1v) is 14.4. The van der Waals surface area contributed by atoms with E-state index in [1.54, 1.807) is 0 Å². The van der Waals surface area contributed by atoms with E-state index in [1.807, 2.05) is 112 Å². The van der Waals surface area contributed by atoms with Crippen LogP contribution in [0.1, 0.15) is 32.5 Å². The second-order valence-corrected chi connectivity index (χ2v) is 13.3. The molecule has 39 heavy (non-hydrogen) atoms. The monoisotopic (exact) mass is 544 g/mol. The van der Waals surface area contributed by atoms with Gasteiger partial charge in [0.1, 0.15) is 0 Å². The van der Waals surface area contributed by atoms with E-state index in [0.717, 1.165) is 15.6 Å². The maximum Gasteiger partial charge on any atom is 0.335 e. The average molecular weight is 545 g/mol. The molecule has 10 heteroatoms. The lowest BCUT2D eigenvalue weighted by atomic mass is 10.00. The second-order valence-electron chi connectivity index (χ2n) is 9.96. The molecule has 0 fully saturated rings. The summed E-state index contributed by atoms with van der Waals surface area (Å²) in [6.45, 7) is 5.68. The molecule has 0 aliphatic rings. The van der Waals surface area contributed by atoms with E-state index in [0.29, 0.717) is 0 Å². The smallest absolute Gasteiger partial charge is 0.335 e. The van der Waals surface area contributed by atoms with E-state index in [9.17, 15) is 9.59 Å². The molecule has 0 amide bonds. The number of carbonyl (C=O) groups excluding carboxylic acids is 2. The fraction of sp³-hybridized carbons (Fsp3) is 0.276. The molecular formula is C29H32N4O5Si. The van der Waals surface area contributed by atoms with Gasteiger partial charge >= 0.3 is 11.9 Å². The minimum absolute atomic E-state index is 0.141. The molecule has 0 radical (unpaired) electrons. The molecule has 0 N–H and O–H groups in total. The Balaban J connectivity index is 2.02. The zero-order valence-corrected chi connectivity index (χ0v) is 23.6. The fourth-order valence-corrected chi connectivity index (χ4v) is 8.65. The number of nitrogens with zero attached hydrogens (tertiary/aromatic N) is 4. The molecular weight excluding hydrogens is 512 g/mol. The first-order valence-electron chi connectivity index (χ1n) is 12.5. The third kappa shape index (κ3) is 5.52. The van der Waals surface area contributed by atoms with Gasteiger partial charge in [0, 0.05) is 0 Å². The normalized spacial score (nSPS) is 13.4. The van der Waals surface area contributed by atoms with Crippen molar-refractivity contribution in [3.8, 4) is 0 Å². The maximum absolute atomic E-state index is 13.6. The topological polar surface area (TPSA) is 105 Å². The average Bonchev–Trinajstić information content (AvgIpc) is 3.46. The van der Waals surface area contributed by atoms with Gasteiger partial charge in [0.2, 0.25) is 0 Å². The molecule has 9 nitrogen and oxygen atoms in total. The Labute approximate surface area is 228 Å². The van der Waals surface area contributed by atoms with Crippen LogP contribution in [0.5, 0.6) is 0 Å². The van der Waals surface area contributed by atoms with Gasteiger partial charge in [-0.2, -0.15) is 0 Å². The van der Waals surface area contributed by atoms with Crippen molar-refractivity contribution >= 4 is 35.8 Å². The number of aromatic nitrogens is 4. The number of hydrogen-bond acceptors (Lipinski definition) is 8. The summed E-state index contributed by atoms with van der Waals surface area (Å²) in [6.07, 6.45) is -1.43. The summed E-state index contributed by atoms with van der Waals surface area (Å²) in [5.74, 6) is -2.63. The van der Waals surface area contributed by atoms with E-state index in [4.69, 9.17) is 13.9 Å². The Morgan fingerprint density at radius 3 is 1.56 bits per heavy atom. The molecule has 3 aromatic carbocycles. The van der Waals surface area contributed by atoms with E-state index in [2.05, 4.69) is 15.5 Å². The second kappa shape index (κ2) is 11.7. The number of ether oxygens (including phenoxy) is 2. The van der Waals surface area contributed by atoms with Crippen LogP contribution in [0.15, 0.2) is 91.0 Å². The first-order chi connectivity index (χ1) is 18.7. The molecule has 4 aromatic rings. The lowest BCUT2D eigenvalue weighted by molar-refractivity contribution is -0.158. The molecule has 202 valence electrons. The highest BCUT2D eigenvalue weighted by Gasteiger charge is 2.51. The van der Waals surface area contributed by atoms with E-state index in [1.165, 1.54) is 18.9 Å². The summed E-state index contributed by atoms with van der Waals surface area (Å²) in [7, 11) is -0.934. The summed E-state index contributed by atoms with van der Waals surface area (Å²) in [5.41, 5.74) is -0.599. The van der Waals surface area contributed by atoms with Crippen molar-refractivity contribution in [2.45, 2.75) is 38.3 Å². The number of methoxy groups -OCH3 is 2. The lowest BCUT2D eigenvalue weighted by Gasteiger charge is -2.37. The van der Waals surface area contributed by atoms with Gasteiger partial charge in [-0.25, -0.2) is 9.48 Å². The van der Waals surface area contributed by atoms with Crippen LogP contribution in [-0.2, 0) is 29.0 Å². The van der Waals surface area contributed by atoms with Crippen LogP contribution in [0.4, 0.5) is 0 Å². The molecule has 0 saturated heterocycles. The van der Waals surface area contributed by atoms with Crippen LogP contribution >= 0.6 is 0 Å². The third-order valence-corrected chi connectivity index (χ3v) is 10.5. The Kier molecular flexibility index (Phi) is 8.37. The van der Waals surface area contributed by atoms with Crippen molar-refractivity contribution in [3.63, 3.8) is 0 Å². The summed E-state index contributed by atoms with van der Waals surface area (Å²) in [4.78, 5) is 27.0. The lowest BCUT2D eigenvalue weighted by Crippen LogP contribution is -2.71. The highest BCUT2D eigenvalue weighted by Crippen LogP contribution is 2.29. The molecule has 1 aromatic heterocycles. The van der Waals surface area contributed by atoms with Crippen molar-refractivity contribution < 1.29 is 23.5 Å². The van der Waals surface area contributed by atoms with Crippen LogP contribution in [0.3, 0.4) is 0 Å². The van der Waals surface area contributed by atoms with Gasteiger partial charge in [-0.1, -0.05) is 91.0 Å². The van der Waals surface area contributed by atoms with Crippen molar-refractivity contribution in [2.75, 3.05) is 14.2 Å². The predicted octanol–water partition coefficient (Wildman–Crippen LogP) is 1.91. The SMILES string of the molecule is COC(=O)C(O[Si](c1ccccc1)(c1ccccc1)c1ccccc1)C(C(=O)OC)c1nnnn1C(C)(C)C. The van der Waals surface area contributed by atoms with Crippen LogP contribution < -0.4 is 15.6 Å². The van der Waals surface area contributed by atoms with Gasteiger partial charge in [0.25, 0.3) is 8.32 Å². The van der Waals surface area contributed by atoms with Gasteiger partial charge in [-0.05, 0) is 46.8 Å². The van der Waals surface area contributed by atoms with Gasteiger partial charge in [-0.3, -0.25) is 4.79 Å². The van der Waals surface area contributed by atoms with Gasteiger partial charge in [-0.15, -0.1) is 5.10 Å². The summed E-state index contributed by atoms with van der Waals surface area (Å²) < 4.78 is 19.0. The Morgan fingerprint density at radius 1 is 0.744 bits per heavy atom. The van der Waals surface area contributed by atoms with E-state index in [-0.39, 0.29) is 5.82 Å². The van der Waals surface area contributed by atoms with Crippen molar-refractivity contribution in [1.82, 2.24) is 20.2 Å². The summed E-state index contributed by atoms with van der Waals surface area (Å²) >= 11 is 0. The number of esters is 2. The van der Waals surface area contributed by atoms with Crippen molar-refractivity contribution in [3.05, 3.63) is 96.8 Å². The number of hydrogen-bond donors (Lipinski definition) is 0. The Morgan fingerprint density at radius 2 is 1.18 bits per heavy atom. The quantitative estimate of drug-likeness (QED) is 0.179. The maximum atomic E-state index is 13.6. The van der Waals surface area contributed by atoms with Crippen LogP contribution in [0.2, 0.25) is 0 Å². The van der Waals surface area contributed by atoms with Crippen LogP contribution in [0.25, 0.3) is 0 Å². The Bertz CT molecular complexity index is 1290. The largest absolute Gasteiger partial charge is 0.468 e. The summed E-state index contributed by atoms with van der Waals surface area (Å²) in [6, 6.07) is 29.2. The predicted molar refractivity (Wildman–Crippen MR) is 148 cm³/mol. The molecule has 0 saturated carbocycles. The van der Waals surface area contributed by atoms with Crippen LogP contribution in [-0.4, -0.2) is 60.8 Å². The van der Waals surface area contributed by atoms with Crippen molar-refractivity contribution in [1.29, 1.82) is 0 Å². The standard InChI is InChI=1S/C29H32N4O5Si/c1-29(2,3)33-26(30-31-32-33)24(27(34)36-4)25(28(35)37-5)38-39(21-15-9-6-10-16-21,22-17-11-7-12-18-22)23-19-13-8-14-20-23/h6-20,24-25H,1-5H3. The van der Waals surface area contributed by atoms with Crippen LogP contribution in [0, 0.1) is 0 Å². The number of rotatable bonds is 9. The molecule has 0 spiro atoms. The number of carbonyl (C=O) groups is 2. The zero-order valence-electron chi connectivity index (χ0n) is 22.6. The van der Waals surface area contributed by atoms with Gasteiger partial charge < -0.3 is 13.9 Å². The van der Waals surface area contributed by atoms with Gasteiger partial charge in [0.15, 0.2) is 17.8 Å². The minimum atomic E-state index is -3.45. The number of tetrazole rings is 1. The molecule has 2 atom stereocenters. The highest BCUT2D eigenvalue weighted by atomic mass is 28.4. The third-order valence-electron chi connectivity index (χ3n) is 6.44. The zero-order chi connectivity index (χ0) is 28.0. The first kappa shape index (κ1) is 27.9. The molecule has 1 heterocycles.